The van der Waals surface area contributed by atoms with Crippen molar-refractivity contribution in [2.24, 2.45) is 0 Å². The van der Waals surface area contributed by atoms with Gasteiger partial charge in [-0.3, -0.25) is 14.5 Å². The van der Waals surface area contributed by atoms with Gasteiger partial charge in [-0.1, -0.05) is 45.8 Å². The van der Waals surface area contributed by atoms with E-state index in [0.717, 1.165) is 50.0 Å². The van der Waals surface area contributed by atoms with E-state index in [1.54, 1.807) is 0 Å². The third-order valence-corrected chi connectivity index (χ3v) is 7.89. The molecule has 164 valence electrons. The van der Waals surface area contributed by atoms with Gasteiger partial charge in [-0.05, 0) is 92.9 Å². The Bertz CT molecular complexity index is 1270. The summed E-state index contributed by atoms with van der Waals surface area (Å²) in [6.07, 6.45) is 1.85. The number of carbonyl (C=O) groups excluding carboxylic acids is 2. The summed E-state index contributed by atoms with van der Waals surface area (Å²) < 4.78 is 3.31. The van der Waals surface area contributed by atoms with Gasteiger partial charge in [0.25, 0.3) is 11.1 Å². The van der Waals surface area contributed by atoms with Crippen LogP contribution in [0.3, 0.4) is 0 Å². The van der Waals surface area contributed by atoms with Crippen molar-refractivity contribution in [3.05, 3.63) is 91.0 Å². The number of imide groups is 1. The summed E-state index contributed by atoms with van der Waals surface area (Å²) in [7, 11) is 0. The smallest absolute Gasteiger partial charge is 0.293 e. The molecule has 1 aliphatic rings. The van der Waals surface area contributed by atoms with Gasteiger partial charge >= 0.3 is 0 Å². The minimum Gasteiger partial charge on any atom is -0.318 e. The number of hydrogen-bond donors (Lipinski definition) is 0. The van der Waals surface area contributed by atoms with Crippen molar-refractivity contribution in [2.75, 3.05) is 0 Å². The predicted octanol–water partition coefficient (Wildman–Crippen LogP) is 7.02. The Labute approximate surface area is 201 Å². The van der Waals surface area contributed by atoms with E-state index in [4.69, 9.17) is 0 Å². The largest absolute Gasteiger partial charge is 0.318 e. The number of rotatable bonds is 4. The van der Waals surface area contributed by atoms with E-state index in [1.807, 2.05) is 44.2 Å². The Morgan fingerprint density at radius 2 is 1.66 bits per heavy atom. The Hall–Kier alpha value is -2.57. The number of thioether (sulfide) groups is 1. The molecule has 3 aromatic rings. The van der Waals surface area contributed by atoms with Crippen LogP contribution < -0.4 is 0 Å². The third-order valence-electron chi connectivity index (χ3n) is 5.73. The molecule has 6 heteroatoms. The quantitative estimate of drug-likeness (QED) is 0.355. The topological polar surface area (TPSA) is 42.3 Å². The Morgan fingerprint density at radius 1 is 0.969 bits per heavy atom. The summed E-state index contributed by atoms with van der Waals surface area (Å²) in [6, 6.07) is 14.3. The summed E-state index contributed by atoms with van der Waals surface area (Å²) in [5, 5.41) is -0.226. The second-order valence-corrected chi connectivity index (χ2v) is 10.1. The molecule has 0 unspecified atom stereocenters. The van der Waals surface area contributed by atoms with E-state index in [9.17, 15) is 9.59 Å². The van der Waals surface area contributed by atoms with E-state index in [-0.39, 0.29) is 11.1 Å². The molecule has 0 saturated carbocycles. The van der Waals surface area contributed by atoms with Gasteiger partial charge in [0.05, 0.1) is 11.4 Å². The maximum atomic E-state index is 13.0. The average Bonchev–Trinajstić information content (AvgIpc) is 3.15. The lowest BCUT2D eigenvalue weighted by Gasteiger charge is -2.13. The van der Waals surface area contributed by atoms with Crippen LogP contribution in [-0.4, -0.2) is 20.6 Å². The maximum absolute atomic E-state index is 13.0. The predicted molar refractivity (Wildman–Crippen MR) is 135 cm³/mol. The molecule has 4 rings (SSSR count). The Balaban J connectivity index is 1.66. The molecule has 0 bridgehead atoms. The van der Waals surface area contributed by atoms with Crippen molar-refractivity contribution in [1.82, 2.24) is 9.47 Å². The molecule has 1 aromatic heterocycles. The van der Waals surface area contributed by atoms with Crippen molar-refractivity contribution in [2.45, 2.75) is 41.2 Å². The molecule has 1 aliphatic heterocycles. The van der Waals surface area contributed by atoms with Gasteiger partial charge in [-0.15, -0.1) is 0 Å². The molecule has 2 amide bonds. The highest BCUT2D eigenvalue weighted by Gasteiger charge is 2.35. The minimum absolute atomic E-state index is 0.226. The monoisotopic (exact) mass is 508 g/mol. The van der Waals surface area contributed by atoms with Crippen LogP contribution in [0.15, 0.2) is 51.8 Å². The van der Waals surface area contributed by atoms with Crippen LogP contribution in [-0.2, 0) is 11.3 Å². The van der Waals surface area contributed by atoms with Crippen LogP contribution in [0.4, 0.5) is 4.79 Å². The molecule has 0 radical (unpaired) electrons. The molecule has 1 saturated heterocycles. The first kappa shape index (κ1) is 22.6. The van der Waals surface area contributed by atoms with Crippen LogP contribution in [0.2, 0.25) is 0 Å². The molecule has 32 heavy (non-hydrogen) atoms. The minimum atomic E-state index is -0.235. The highest BCUT2D eigenvalue weighted by atomic mass is 79.9. The molecule has 0 spiro atoms. The lowest BCUT2D eigenvalue weighted by atomic mass is 10.1. The van der Waals surface area contributed by atoms with Crippen LogP contribution in [0.5, 0.6) is 0 Å². The average molecular weight is 509 g/mol. The van der Waals surface area contributed by atoms with Gasteiger partial charge in [-0.25, -0.2) is 0 Å². The SMILES string of the molecule is Cc1cccc(CN2C(=O)S/C(=C\c3cc(C)n(-c4cc(C)c(Br)c(C)c4)c3C)C2=O)c1. The van der Waals surface area contributed by atoms with Gasteiger partial charge in [0.15, 0.2) is 0 Å². The van der Waals surface area contributed by atoms with Crippen molar-refractivity contribution < 1.29 is 9.59 Å². The van der Waals surface area contributed by atoms with Crippen LogP contribution >= 0.6 is 27.7 Å². The Kier molecular flexibility index (Phi) is 6.19. The zero-order valence-corrected chi connectivity index (χ0v) is 21.2. The molecule has 0 N–H and O–H groups in total. The first-order chi connectivity index (χ1) is 15.2. The summed E-state index contributed by atoms with van der Waals surface area (Å²) in [6.45, 7) is 10.6. The number of halogens is 1. The lowest BCUT2D eigenvalue weighted by molar-refractivity contribution is -0.123. The van der Waals surface area contributed by atoms with Gasteiger partial charge in [0, 0.05) is 21.5 Å². The van der Waals surface area contributed by atoms with E-state index in [0.29, 0.717) is 11.4 Å². The van der Waals surface area contributed by atoms with Crippen molar-refractivity contribution in [1.29, 1.82) is 0 Å². The number of aryl methyl sites for hydroxylation is 4. The second kappa shape index (κ2) is 8.75. The summed E-state index contributed by atoms with van der Waals surface area (Å²) in [5.41, 5.74) is 8.55. The number of amides is 2. The summed E-state index contributed by atoms with van der Waals surface area (Å²) in [5.74, 6) is -0.235. The maximum Gasteiger partial charge on any atom is 0.293 e. The molecule has 2 aromatic carbocycles. The number of aromatic nitrogens is 1. The van der Waals surface area contributed by atoms with Crippen molar-refractivity contribution in [3.63, 3.8) is 0 Å². The first-order valence-electron chi connectivity index (χ1n) is 10.4. The lowest BCUT2D eigenvalue weighted by Crippen LogP contribution is -2.27. The standard InChI is InChI=1S/C26H25BrN2O2S/c1-15-7-6-8-20(9-15)14-28-25(30)23(32-26(28)31)13-21-12-18(4)29(19(21)5)22-10-16(2)24(27)17(3)11-22/h6-13H,14H2,1-5H3/b23-13-. The fraction of sp³-hybridized carbons (Fsp3) is 0.231. The van der Waals surface area contributed by atoms with Crippen molar-refractivity contribution in [3.8, 4) is 5.69 Å². The number of benzene rings is 2. The van der Waals surface area contributed by atoms with E-state index in [2.05, 4.69) is 59.5 Å². The zero-order chi connectivity index (χ0) is 23.2. The molecule has 4 nitrogen and oxygen atoms in total. The molecule has 2 heterocycles. The van der Waals surface area contributed by atoms with E-state index >= 15 is 0 Å². The Morgan fingerprint density at radius 3 is 2.31 bits per heavy atom. The third kappa shape index (κ3) is 4.21. The summed E-state index contributed by atoms with van der Waals surface area (Å²) >= 11 is 4.65. The molecule has 0 aliphatic carbocycles. The number of nitrogens with zero attached hydrogens (tertiary/aromatic N) is 2. The normalized spacial score (nSPS) is 15.3. The van der Waals surface area contributed by atoms with Crippen molar-refractivity contribution >= 4 is 44.9 Å². The van der Waals surface area contributed by atoms with E-state index in [1.165, 1.54) is 16.0 Å². The van der Waals surface area contributed by atoms with Gasteiger partial charge in [0.1, 0.15) is 0 Å². The molecule has 0 atom stereocenters. The highest BCUT2D eigenvalue weighted by Crippen LogP contribution is 2.35. The first-order valence-corrected chi connectivity index (χ1v) is 12.0. The molecular weight excluding hydrogens is 484 g/mol. The van der Waals surface area contributed by atoms with Crippen LogP contribution in [0.25, 0.3) is 11.8 Å². The zero-order valence-electron chi connectivity index (χ0n) is 18.8. The number of carbonyl (C=O) groups is 2. The highest BCUT2D eigenvalue weighted by molar-refractivity contribution is 9.10. The van der Waals surface area contributed by atoms with Crippen LogP contribution in [0, 0.1) is 34.6 Å². The number of hydrogen-bond acceptors (Lipinski definition) is 3. The van der Waals surface area contributed by atoms with Gasteiger partial charge in [-0.2, -0.15) is 0 Å². The van der Waals surface area contributed by atoms with Gasteiger partial charge in [0.2, 0.25) is 0 Å². The fourth-order valence-electron chi connectivity index (χ4n) is 4.15. The molecular formula is C26H25BrN2O2S. The van der Waals surface area contributed by atoms with Crippen LogP contribution in [0.1, 0.15) is 39.2 Å². The second-order valence-electron chi connectivity index (χ2n) is 8.31. The van der Waals surface area contributed by atoms with E-state index < -0.39 is 0 Å². The van der Waals surface area contributed by atoms with Gasteiger partial charge < -0.3 is 4.57 Å². The summed E-state index contributed by atoms with van der Waals surface area (Å²) in [4.78, 5) is 27.4. The fourth-order valence-corrected chi connectivity index (χ4v) is 5.21. The molecule has 1 fully saturated rings.